The Labute approximate surface area is 168 Å². The summed E-state index contributed by atoms with van der Waals surface area (Å²) in [5, 5.41) is 0.471. The number of halogens is 4. The first kappa shape index (κ1) is 22.0. The van der Waals surface area contributed by atoms with Gasteiger partial charge >= 0.3 is 12.1 Å². The van der Waals surface area contributed by atoms with Crippen LogP contribution in [0.1, 0.15) is 51.0 Å². The number of carbonyl (C=O) groups is 1. The number of alkyl halides is 3. The zero-order valence-corrected chi connectivity index (χ0v) is 16.9. The smallest absolute Gasteiger partial charge is 0.399 e. The lowest BCUT2D eigenvalue weighted by molar-refractivity contribution is -0.139. The maximum Gasteiger partial charge on any atom is 0.399 e. The number of benzene rings is 2. The van der Waals surface area contributed by atoms with Crippen LogP contribution in [0, 0.1) is 20.8 Å². The molecule has 0 N–H and O–H groups in total. The van der Waals surface area contributed by atoms with Gasteiger partial charge in [-0.15, -0.1) is 0 Å². The predicted octanol–water partition coefficient (Wildman–Crippen LogP) is 6.80. The Morgan fingerprint density at radius 3 is 2.21 bits per heavy atom. The minimum atomic E-state index is -4.44. The van der Waals surface area contributed by atoms with Gasteiger partial charge < -0.3 is 4.74 Å². The molecule has 0 saturated carbocycles. The Bertz CT molecular complexity index is 878. The van der Waals surface area contributed by atoms with Crippen molar-refractivity contribution in [1.82, 2.24) is 0 Å². The Balaban J connectivity index is 2.37. The Morgan fingerprint density at radius 2 is 1.71 bits per heavy atom. The van der Waals surface area contributed by atoms with E-state index in [4.69, 9.17) is 16.3 Å². The predicted molar refractivity (Wildman–Crippen MR) is 106 cm³/mol. The van der Waals surface area contributed by atoms with E-state index in [1.807, 2.05) is 0 Å². The average molecular weight is 411 g/mol. The molecule has 28 heavy (non-hydrogen) atoms. The quantitative estimate of drug-likeness (QED) is 0.506. The number of esters is 1. The lowest BCUT2D eigenvalue weighted by atomic mass is 9.93. The minimum absolute atomic E-state index is 0.142. The topological polar surface area (TPSA) is 26.3 Å². The summed E-state index contributed by atoms with van der Waals surface area (Å²) in [6, 6.07) is 7.75. The maximum atomic E-state index is 13.7. The fraction of sp³-hybridized carbons (Fsp3) is 0.318. The molecule has 0 amide bonds. The number of allylic oxidation sites excluding steroid dienone is 1. The summed E-state index contributed by atoms with van der Waals surface area (Å²) in [6.07, 6.45) is -1.90. The van der Waals surface area contributed by atoms with Gasteiger partial charge in [-0.2, -0.15) is 13.2 Å². The molecule has 0 aliphatic heterocycles. The van der Waals surface area contributed by atoms with E-state index >= 15 is 0 Å². The van der Waals surface area contributed by atoms with Gasteiger partial charge in [0.1, 0.15) is 0 Å². The molecule has 0 radical (unpaired) electrons. The van der Waals surface area contributed by atoms with Crippen LogP contribution in [0.25, 0.3) is 6.08 Å². The van der Waals surface area contributed by atoms with Crippen LogP contribution in [0.5, 0.6) is 0 Å². The second-order valence-electron chi connectivity index (χ2n) is 6.64. The molecule has 6 heteroatoms. The van der Waals surface area contributed by atoms with Gasteiger partial charge in [0.25, 0.3) is 0 Å². The van der Waals surface area contributed by atoms with Crippen LogP contribution in [-0.4, -0.2) is 18.8 Å². The lowest BCUT2D eigenvalue weighted by Crippen LogP contribution is -2.19. The standard InChI is InChI=1S/C22H22ClF3O2/c1-5-28-21(27)18-8-6-16(10-13(18)2)7-9-19(22(24,25)26)17-11-14(3)20(23)15(4)12-17/h6-12,19H,5H2,1-4H3/b9-7+. The van der Waals surface area contributed by atoms with Crippen molar-refractivity contribution in [2.45, 2.75) is 39.8 Å². The van der Waals surface area contributed by atoms with Crippen LogP contribution in [-0.2, 0) is 4.74 Å². The van der Waals surface area contributed by atoms with E-state index in [9.17, 15) is 18.0 Å². The molecule has 1 atom stereocenters. The zero-order valence-electron chi connectivity index (χ0n) is 16.2. The van der Waals surface area contributed by atoms with Crippen molar-refractivity contribution in [1.29, 1.82) is 0 Å². The number of hydrogen-bond donors (Lipinski definition) is 0. The van der Waals surface area contributed by atoms with Crippen molar-refractivity contribution in [3.63, 3.8) is 0 Å². The fourth-order valence-electron chi connectivity index (χ4n) is 3.00. The van der Waals surface area contributed by atoms with Gasteiger partial charge in [-0.05, 0) is 61.6 Å². The largest absolute Gasteiger partial charge is 0.462 e. The summed E-state index contributed by atoms with van der Waals surface area (Å²) in [4.78, 5) is 11.9. The van der Waals surface area contributed by atoms with E-state index in [1.54, 1.807) is 45.9 Å². The van der Waals surface area contributed by atoms with Crippen molar-refractivity contribution < 1.29 is 22.7 Å². The maximum absolute atomic E-state index is 13.7. The first-order valence-electron chi connectivity index (χ1n) is 8.84. The molecule has 0 saturated heterocycles. The second-order valence-corrected chi connectivity index (χ2v) is 7.02. The fourth-order valence-corrected chi connectivity index (χ4v) is 3.11. The molecule has 2 rings (SSSR count). The third kappa shape index (κ3) is 5.16. The monoisotopic (exact) mass is 410 g/mol. The normalized spacial score (nSPS) is 13.0. The van der Waals surface area contributed by atoms with E-state index in [0.717, 1.165) is 6.08 Å². The van der Waals surface area contributed by atoms with Crippen molar-refractivity contribution in [3.8, 4) is 0 Å². The summed E-state index contributed by atoms with van der Waals surface area (Å²) < 4.78 is 45.9. The summed E-state index contributed by atoms with van der Waals surface area (Å²) in [6.45, 7) is 7.06. The molecule has 0 fully saturated rings. The van der Waals surface area contributed by atoms with Crippen molar-refractivity contribution in [2.24, 2.45) is 0 Å². The third-order valence-electron chi connectivity index (χ3n) is 4.40. The van der Waals surface area contributed by atoms with Gasteiger partial charge in [0.05, 0.1) is 18.1 Å². The zero-order chi connectivity index (χ0) is 21.1. The van der Waals surface area contributed by atoms with Gasteiger partial charge in [-0.1, -0.05) is 48.0 Å². The third-order valence-corrected chi connectivity index (χ3v) is 4.99. The Morgan fingerprint density at radius 1 is 1.11 bits per heavy atom. The number of rotatable bonds is 5. The van der Waals surface area contributed by atoms with E-state index in [2.05, 4.69) is 0 Å². The van der Waals surface area contributed by atoms with Crippen molar-refractivity contribution in [3.05, 3.63) is 74.8 Å². The van der Waals surface area contributed by atoms with Crippen molar-refractivity contribution in [2.75, 3.05) is 6.61 Å². The van der Waals surface area contributed by atoms with Crippen LogP contribution in [0.15, 0.2) is 36.4 Å². The summed E-state index contributed by atoms with van der Waals surface area (Å²) >= 11 is 6.08. The molecule has 0 aliphatic carbocycles. The molecule has 0 spiro atoms. The van der Waals surface area contributed by atoms with Gasteiger partial charge in [0.2, 0.25) is 0 Å². The van der Waals surface area contributed by atoms with Crippen LogP contribution in [0.3, 0.4) is 0 Å². The van der Waals surface area contributed by atoms with E-state index in [0.29, 0.717) is 32.8 Å². The SMILES string of the molecule is CCOC(=O)c1ccc(/C=C/C(c2cc(C)c(Cl)c(C)c2)C(F)(F)F)cc1C. The van der Waals surface area contributed by atoms with Crippen molar-refractivity contribution >= 4 is 23.6 Å². The van der Waals surface area contributed by atoms with Gasteiger partial charge in [0.15, 0.2) is 0 Å². The molecule has 2 aromatic rings. The summed E-state index contributed by atoms with van der Waals surface area (Å²) in [5.74, 6) is -2.21. The Kier molecular flexibility index (Phi) is 6.94. The molecule has 0 bridgehead atoms. The highest BCUT2D eigenvalue weighted by atomic mass is 35.5. The van der Waals surface area contributed by atoms with Gasteiger partial charge in [0, 0.05) is 5.02 Å². The molecule has 150 valence electrons. The first-order valence-corrected chi connectivity index (χ1v) is 9.21. The minimum Gasteiger partial charge on any atom is -0.462 e. The highest BCUT2D eigenvalue weighted by molar-refractivity contribution is 6.32. The van der Waals surface area contributed by atoms with Gasteiger partial charge in [-0.25, -0.2) is 4.79 Å². The number of aryl methyl sites for hydroxylation is 3. The molecule has 0 aliphatic rings. The number of ether oxygens (including phenoxy) is 1. The lowest BCUT2D eigenvalue weighted by Gasteiger charge is -2.19. The number of hydrogen-bond acceptors (Lipinski definition) is 2. The summed E-state index contributed by atoms with van der Waals surface area (Å²) in [7, 11) is 0. The van der Waals surface area contributed by atoms with E-state index in [1.165, 1.54) is 18.2 Å². The average Bonchev–Trinajstić information content (AvgIpc) is 2.58. The molecule has 0 heterocycles. The molecule has 0 aromatic heterocycles. The summed E-state index contributed by atoms with van der Waals surface area (Å²) in [5.41, 5.74) is 2.96. The van der Waals surface area contributed by atoms with Crippen LogP contribution in [0.2, 0.25) is 5.02 Å². The molecule has 2 aromatic carbocycles. The highest BCUT2D eigenvalue weighted by Crippen LogP contribution is 2.38. The molecule has 1 unspecified atom stereocenters. The number of carbonyl (C=O) groups excluding carboxylic acids is 1. The molecule has 2 nitrogen and oxygen atoms in total. The van der Waals surface area contributed by atoms with Crippen LogP contribution in [0.4, 0.5) is 13.2 Å². The van der Waals surface area contributed by atoms with Crippen LogP contribution >= 0.6 is 11.6 Å². The van der Waals surface area contributed by atoms with Gasteiger partial charge in [-0.3, -0.25) is 0 Å². The second kappa shape index (κ2) is 8.82. The van der Waals surface area contributed by atoms with Crippen LogP contribution < -0.4 is 0 Å². The molecular weight excluding hydrogens is 389 g/mol. The first-order chi connectivity index (χ1) is 13.0. The highest BCUT2D eigenvalue weighted by Gasteiger charge is 2.39. The Hall–Kier alpha value is -2.27. The molecular formula is C22H22ClF3O2. The van der Waals surface area contributed by atoms with E-state index in [-0.39, 0.29) is 12.2 Å². The van der Waals surface area contributed by atoms with E-state index < -0.39 is 18.1 Å².